The van der Waals surface area contributed by atoms with E-state index in [1.165, 1.54) is 16.8 Å². The van der Waals surface area contributed by atoms with E-state index < -0.39 is 5.91 Å². The Morgan fingerprint density at radius 1 is 1.00 bits per heavy atom. The summed E-state index contributed by atoms with van der Waals surface area (Å²) in [5.74, 6) is 0.270. The lowest BCUT2D eigenvalue weighted by Gasteiger charge is -2.09. The van der Waals surface area contributed by atoms with Gasteiger partial charge in [0.2, 0.25) is 0 Å². The summed E-state index contributed by atoms with van der Waals surface area (Å²) in [5, 5.41) is 14.9. The van der Waals surface area contributed by atoms with Gasteiger partial charge in [0, 0.05) is 24.4 Å². The standard InChI is InChI=1S/C20H16N6O2/c1-25-13-21-23-19(25)14-6-5-7-15(12-14)22-20(28)17-10-11-18(27)26(24-17)16-8-3-2-4-9-16/h2-13H,1H3,(H,22,28). The first-order valence-electron chi connectivity index (χ1n) is 8.53. The molecule has 0 aliphatic heterocycles. The lowest BCUT2D eigenvalue weighted by molar-refractivity contribution is 0.102. The molecule has 8 nitrogen and oxygen atoms in total. The smallest absolute Gasteiger partial charge is 0.276 e. The number of rotatable bonds is 4. The summed E-state index contributed by atoms with van der Waals surface area (Å²) in [6, 6.07) is 18.9. The molecule has 0 radical (unpaired) electrons. The van der Waals surface area contributed by atoms with Crippen LogP contribution in [0, 0.1) is 0 Å². The van der Waals surface area contributed by atoms with Crippen LogP contribution in [0.25, 0.3) is 17.1 Å². The summed E-state index contributed by atoms with van der Waals surface area (Å²) in [7, 11) is 1.84. The average molecular weight is 372 g/mol. The van der Waals surface area contributed by atoms with Crippen molar-refractivity contribution < 1.29 is 4.79 Å². The number of anilines is 1. The van der Waals surface area contributed by atoms with Crippen molar-refractivity contribution in [2.75, 3.05) is 5.32 Å². The third-order valence-electron chi connectivity index (χ3n) is 4.12. The molecule has 0 unspecified atom stereocenters. The number of aryl methyl sites for hydroxylation is 1. The van der Waals surface area contributed by atoms with E-state index in [1.807, 2.05) is 25.2 Å². The molecule has 4 rings (SSSR count). The maximum absolute atomic E-state index is 12.7. The van der Waals surface area contributed by atoms with Gasteiger partial charge in [0.05, 0.1) is 5.69 Å². The lowest BCUT2D eigenvalue weighted by atomic mass is 10.2. The first kappa shape index (κ1) is 17.3. The number of benzene rings is 2. The summed E-state index contributed by atoms with van der Waals surface area (Å²) in [6.07, 6.45) is 1.61. The Morgan fingerprint density at radius 2 is 1.82 bits per heavy atom. The van der Waals surface area contributed by atoms with E-state index in [1.54, 1.807) is 47.3 Å². The van der Waals surface area contributed by atoms with Gasteiger partial charge >= 0.3 is 0 Å². The van der Waals surface area contributed by atoms with Gasteiger partial charge in [-0.1, -0.05) is 30.3 Å². The zero-order chi connectivity index (χ0) is 19.5. The van der Waals surface area contributed by atoms with Crippen LogP contribution in [0.4, 0.5) is 5.69 Å². The molecule has 2 aromatic carbocycles. The Labute approximate surface area is 160 Å². The molecule has 1 N–H and O–H groups in total. The van der Waals surface area contributed by atoms with Crippen LogP contribution in [0.3, 0.4) is 0 Å². The second-order valence-electron chi connectivity index (χ2n) is 6.10. The molecular weight excluding hydrogens is 356 g/mol. The van der Waals surface area contributed by atoms with Crippen LogP contribution in [0.1, 0.15) is 10.5 Å². The van der Waals surface area contributed by atoms with E-state index in [0.29, 0.717) is 17.2 Å². The molecule has 2 aromatic heterocycles. The lowest BCUT2D eigenvalue weighted by Crippen LogP contribution is -2.24. The minimum Gasteiger partial charge on any atom is -0.321 e. The SMILES string of the molecule is Cn1cnnc1-c1cccc(NC(=O)c2ccc(=O)n(-c3ccccc3)n2)c1. The minimum atomic E-state index is -0.417. The van der Waals surface area contributed by atoms with Crippen molar-refractivity contribution in [3.8, 4) is 17.1 Å². The van der Waals surface area contributed by atoms with Gasteiger partial charge in [-0.3, -0.25) is 9.59 Å². The Hall–Kier alpha value is -4.07. The molecule has 1 amide bonds. The van der Waals surface area contributed by atoms with Gasteiger partial charge in [-0.05, 0) is 30.3 Å². The third kappa shape index (κ3) is 3.43. The van der Waals surface area contributed by atoms with Gasteiger partial charge in [0.25, 0.3) is 11.5 Å². The third-order valence-corrected chi connectivity index (χ3v) is 4.12. The van der Waals surface area contributed by atoms with Crippen molar-refractivity contribution in [1.82, 2.24) is 24.5 Å². The molecule has 0 saturated heterocycles. The normalized spacial score (nSPS) is 10.6. The van der Waals surface area contributed by atoms with E-state index in [2.05, 4.69) is 20.6 Å². The van der Waals surface area contributed by atoms with Gasteiger partial charge in [-0.2, -0.15) is 9.78 Å². The highest BCUT2D eigenvalue weighted by Crippen LogP contribution is 2.20. The number of hydrogen-bond acceptors (Lipinski definition) is 5. The first-order valence-corrected chi connectivity index (χ1v) is 8.53. The van der Waals surface area contributed by atoms with Crippen molar-refractivity contribution >= 4 is 11.6 Å². The number of nitrogens with zero attached hydrogens (tertiary/aromatic N) is 5. The monoisotopic (exact) mass is 372 g/mol. The Kier molecular flexibility index (Phi) is 4.51. The maximum atomic E-state index is 12.7. The summed E-state index contributed by atoms with van der Waals surface area (Å²) < 4.78 is 2.99. The fourth-order valence-electron chi connectivity index (χ4n) is 2.76. The second-order valence-corrected chi connectivity index (χ2v) is 6.10. The van der Waals surface area contributed by atoms with Crippen molar-refractivity contribution in [2.24, 2.45) is 7.05 Å². The molecule has 138 valence electrons. The van der Waals surface area contributed by atoms with Crippen LogP contribution in [0.2, 0.25) is 0 Å². The molecule has 0 saturated carbocycles. The molecule has 0 bridgehead atoms. The van der Waals surface area contributed by atoms with Crippen molar-refractivity contribution in [1.29, 1.82) is 0 Å². The highest BCUT2D eigenvalue weighted by molar-refractivity contribution is 6.03. The number of hydrogen-bond donors (Lipinski definition) is 1. The van der Waals surface area contributed by atoms with E-state index in [0.717, 1.165) is 5.56 Å². The maximum Gasteiger partial charge on any atom is 0.276 e. The Morgan fingerprint density at radius 3 is 2.57 bits per heavy atom. The van der Waals surface area contributed by atoms with Crippen LogP contribution < -0.4 is 10.9 Å². The average Bonchev–Trinajstić information content (AvgIpc) is 3.15. The van der Waals surface area contributed by atoms with Crippen LogP contribution in [-0.2, 0) is 7.05 Å². The first-order chi connectivity index (χ1) is 13.6. The Balaban J connectivity index is 1.61. The van der Waals surface area contributed by atoms with Gasteiger partial charge in [0.1, 0.15) is 12.0 Å². The van der Waals surface area contributed by atoms with Gasteiger partial charge in [-0.25, -0.2) is 0 Å². The molecule has 0 aliphatic carbocycles. The van der Waals surface area contributed by atoms with E-state index in [9.17, 15) is 9.59 Å². The molecule has 2 heterocycles. The Bertz CT molecular complexity index is 1200. The molecule has 0 fully saturated rings. The van der Waals surface area contributed by atoms with Crippen molar-refractivity contribution in [3.63, 3.8) is 0 Å². The molecule has 28 heavy (non-hydrogen) atoms. The zero-order valence-electron chi connectivity index (χ0n) is 15.0. The predicted molar refractivity (Wildman–Crippen MR) is 104 cm³/mol. The summed E-state index contributed by atoms with van der Waals surface area (Å²) >= 11 is 0. The van der Waals surface area contributed by atoms with E-state index >= 15 is 0 Å². The number of amides is 1. The van der Waals surface area contributed by atoms with Gasteiger partial charge in [-0.15, -0.1) is 10.2 Å². The van der Waals surface area contributed by atoms with E-state index in [-0.39, 0.29) is 11.3 Å². The van der Waals surface area contributed by atoms with Crippen LogP contribution in [0.15, 0.2) is 77.9 Å². The van der Waals surface area contributed by atoms with Gasteiger partial charge < -0.3 is 9.88 Å². The predicted octanol–water partition coefficient (Wildman–Crippen LogP) is 2.28. The summed E-state index contributed by atoms with van der Waals surface area (Å²) in [4.78, 5) is 24.8. The summed E-state index contributed by atoms with van der Waals surface area (Å²) in [5.41, 5.74) is 1.82. The second kappa shape index (κ2) is 7.28. The van der Waals surface area contributed by atoms with Crippen LogP contribution >= 0.6 is 0 Å². The fraction of sp³-hybridized carbons (Fsp3) is 0.0500. The molecule has 0 spiro atoms. The largest absolute Gasteiger partial charge is 0.321 e. The minimum absolute atomic E-state index is 0.132. The number of aromatic nitrogens is 5. The molecular formula is C20H16N6O2. The van der Waals surface area contributed by atoms with E-state index in [4.69, 9.17) is 0 Å². The van der Waals surface area contributed by atoms with Gasteiger partial charge in [0.15, 0.2) is 5.82 Å². The number of para-hydroxylation sites is 1. The zero-order valence-corrected chi connectivity index (χ0v) is 15.0. The fourth-order valence-corrected chi connectivity index (χ4v) is 2.76. The van der Waals surface area contributed by atoms with Crippen LogP contribution in [-0.4, -0.2) is 30.5 Å². The van der Waals surface area contributed by atoms with Crippen LogP contribution in [0.5, 0.6) is 0 Å². The summed E-state index contributed by atoms with van der Waals surface area (Å²) in [6.45, 7) is 0. The quantitative estimate of drug-likeness (QED) is 0.593. The molecule has 0 aliphatic rings. The molecule has 0 atom stereocenters. The van der Waals surface area contributed by atoms with Crippen molar-refractivity contribution in [3.05, 3.63) is 89.1 Å². The number of carbonyl (C=O) groups excluding carboxylic acids is 1. The molecule has 4 aromatic rings. The topological polar surface area (TPSA) is 94.7 Å². The highest BCUT2D eigenvalue weighted by Gasteiger charge is 2.12. The number of carbonyl (C=O) groups is 1. The van der Waals surface area contributed by atoms with Crippen molar-refractivity contribution in [2.45, 2.75) is 0 Å². The number of nitrogens with one attached hydrogen (secondary N) is 1. The molecule has 8 heteroatoms. The highest BCUT2D eigenvalue weighted by atomic mass is 16.2.